The van der Waals surface area contributed by atoms with Crippen LogP contribution in [0.4, 0.5) is 11.4 Å². The zero-order chi connectivity index (χ0) is 17.7. The molecule has 2 aromatic carbocycles. The van der Waals surface area contributed by atoms with Gasteiger partial charge in [-0.15, -0.1) is 0 Å². The minimum atomic E-state index is -3.60. The van der Waals surface area contributed by atoms with Crippen molar-refractivity contribution in [2.75, 3.05) is 29.5 Å². The van der Waals surface area contributed by atoms with Crippen LogP contribution in [0.25, 0.3) is 0 Å². The lowest BCUT2D eigenvalue weighted by Gasteiger charge is -2.22. The molecule has 0 spiro atoms. The van der Waals surface area contributed by atoms with Crippen molar-refractivity contribution >= 4 is 49.9 Å². The lowest BCUT2D eigenvalue weighted by molar-refractivity contribution is -0.114. The number of anilines is 2. The first-order valence-corrected chi connectivity index (χ1v) is 9.90. The molecule has 128 valence electrons. The number of rotatable bonds is 6. The topological polar surface area (TPSA) is 75.7 Å². The number of nitrogens with zero attached hydrogens (tertiary/aromatic N) is 1. The van der Waals surface area contributed by atoms with Crippen LogP contribution in [0.2, 0.25) is 0 Å². The quantitative estimate of drug-likeness (QED) is 0.673. The predicted molar refractivity (Wildman–Crippen MR) is 103 cm³/mol. The summed E-state index contributed by atoms with van der Waals surface area (Å²) in [4.78, 5) is 12.3. The third-order valence-electron chi connectivity index (χ3n) is 3.18. The molecule has 0 unspecified atom stereocenters. The average molecular weight is 460 g/mol. The lowest BCUT2D eigenvalue weighted by Crippen LogP contribution is -2.37. The van der Waals surface area contributed by atoms with E-state index in [4.69, 9.17) is 4.74 Å². The van der Waals surface area contributed by atoms with Crippen LogP contribution >= 0.6 is 22.6 Å². The smallest absolute Gasteiger partial charge is 0.245 e. The summed E-state index contributed by atoms with van der Waals surface area (Å²) in [7, 11) is -2.10. The van der Waals surface area contributed by atoms with Gasteiger partial charge in [0, 0.05) is 3.57 Å². The van der Waals surface area contributed by atoms with Crippen molar-refractivity contribution in [1.29, 1.82) is 0 Å². The Labute approximate surface area is 155 Å². The minimum Gasteiger partial charge on any atom is -0.495 e. The number of amides is 1. The van der Waals surface area contributed by atoms with Crippen LogP contribution in [-0.2, 0) is 14.8 Å². The van der Waals surface area contributed by atoms with Crippen molar-refractivity contribution in [2.24, 2.45) is 0 Å². The fourth-order valence-corrected chi connectivity index (χ4v) is 3.29. The Morgan fingerprint density at radius 2 is 1.79 bits per heavy atom. The number of ether oxygens (including phenoxy) is 1. The van der Waals surface area contributed by atoms with Gasteiger partial charge in [0.1, 0.15) is 12.3 Å². The summed E-state index contributed by atoms with van der Waals surface area (Å²) in [6, 6.07) is 13.8. The van der Waals surface area contributed by atoms with Crippen LogP contribution in [0.5, 0.6) is 5.75 Å². The summed E-state index contributed by atoms with van der Waals surface area (Å²) in [6.07, 6.45) is 1.07. The number of sulfonamides is 1. The Morgan fingerprint density at radius 1 is 1.17 bits per heavy atom. The molecular formula is C16H17IN2O4S. The Balaban J connectivity index is 2.21. The number of hydrogen-bond acceptors (Lipinski definition) is 4. The summed E-state index contributed by atoms with van der Waals surface area (Å²) in [5, 5.41) is 2.67. The molecule has 0 aliphatic heterocycles. The number of methoxy groups -OCH3 is 1. The molecule has 0 radical (unpaired) electrons. The largest absolute Gasteiger partial charge is 0.495 e. The maximum atomic E-state index is 12.3. The van der Waals surface area contributed by atoms with Crippen molar-refractivity contribution in [3.05, 3.63) is 52.1 Å². The van der Waals surface area contributed by atoms with Crippen LogP contribution in [0, 0.1) is 3.57 Å². The van der Waals surface area contributed by atoms with Gasteiger partial charge in [-0.2, -0.15) is 0 Å². The molecule has 0 saturated heterocycles. The summed E-state index contributed by atoms with van der Waals surface area (Å²) < 4.78 is 31.3. The molecule has 6 nitrogen and oxygen atoms in total. The predicted octanol–water partition coefficient (Wildman–Crippen LogP) is 2.70. The second-order valence-electron chi connectivity index (χ2n) is 4.99. The monoisotopic (exact) mass is 460 g/mol. The van der Waals surface area contributed by atoms with E-state index in [0.717, 1.165) is 14.1 Å². The summed E-state index contributed by atoms with van der Waals surface area (Å²) in [5.74, 6) is 0.0505. The zero-order valence-corrected chi connectivity index (χ0v) is 16.2. The molecule has 24 heavy (non-hydrogen) atoms. The van der Waals surface area contributed by atoms with E-state index in [1.807, 2.05) is 0 Å². The molecule has 0 aromatic heterocycles. The van der Waals surface area contributed by atoms with E-state index in [1.54, 1.807) is 48.5 Å². The molecule has 2 rings (SSSR count). The fourth-order valence-electron chi connectivity index (χ4n) is 2.08. The number of carbonyl (C=O) groups excluding carboxylic acids is 1. The molecule has 1 amide bonds. The summed E-state index contributed by atoms with van der Waals surface area (Å²) in [5.41, 5.74) is 0.925. The first kappa shape index (κ1) is 18.5. The molecule has 0 saturated carbocycles. The van der Waals surface area contributed by atoms with Crippen LogP contribution < -0.4 is 14.4 Å². The number of nitrogens with one attached hydrogen (secondary N) is 1. The van der Waals surface area contributed by atoms with Gasteiger partial charge in [0.15, 0.2) is 0 Å². The van der Waals surface area contributed by atoms with Gasteiger partial charge in [-0.1, -0.05) is 12.1 Å². The molecule has 0 aliphatic carbocycles. The van der Waals surface area contributed by atoms with Crippen molar-refractivity contribution in [1.82, 2.24) is 0 Å². The van der Waals surface area contributed by atoms with Gasteiger partial charge in [-0.05, 0) is 59.0 Å². The molecule has 0 aliphatic rings. The molecule has 8 heteroatoms. The second-order valence-corrected chi connectivity index (χ2v) is 8.15. The van der Waals surface area contributed by atoms with Gasteiger partial charge in [-0.3, -0.25) is 9.10 Å². The Kier molecular flexibility index (Phi) is 6.05. The number of carbonyl (C=O) groups is 1. The maximum absolute atomic E-state index is 12.3. The van der Waals surface area contributed by atoms with E-state index in [0.29, 0.717) is 17.1 Å². The van der Waals surface area contributed by atoms with Gasteiger partial charge in [0.2, 0.25) is 15.9 Å². The van der Waals surface area contributed by atoms with Crippen LogP contribution in [0.3, 0.4) is 0 Å². The van der Waals surface area contributed by atoms with Crippen molar-refractivity contribution < 1.29 is 17.9 Å². The third kappa shape index (κ3) is 4.84. The molecule has 0 bridgehead atoms. The molecule has 0 atom stereocenters. The maximum Gasteiger partial charge on any atom is 0.245 e. The summed E-state index contributed by atoms with van der Waals surface area (Å²) >= 11 is 2.13. The van der Waals surface area contributed by atoms with Crippen LogP contribution in [-0.4, -0.2) is 34.2 Å². The highest BCUT2D eigenvalue weighted by molar-refractivity contribution is 14.1. The van der Waals surface area contributed by atoms with E-state index in [-0.39, 0.29) is 6.54 Å². The van der Waals surface area contributed by atoms with Gasteiger partial charge in [0.25, 0.3) is 0 Å². The van der Waals surface area contributed by atoms with Gasteiger partial charge < -0.3 is 10.1 Å². The Hall–Kier alpha value is -1.81. The van der Waals surface area contributed by atoms with Crippen molar-refractivity contribution in [3.63, 3.8) is 0 Å². The van der Waals surface area contributed by atoms with Gasteiger partial charge in [0.05, 0.1) is 24.7 Å². The van der Waals surface area contributed by atoms with E-state index in [2.05, 4.69) is 27.9 Å². The Bertz CT molecular complexity index is 822. The highest BCUT2D eigenvalue weighted by atomic mass is 127. The first-order valence-electron chi connectivity index (χ1n) is 6.97. The van der Waals surface area contributed by atoms with Crippen molar-refractivity contribution in [3.8, 4) is 5.75 Å². The van der Waals surface area contributed by atoms with Gasteiger partial charge >= 0.3 is 0 Å². The number of halogens is 1. The van der Waals surface area contributed by atoms with E-state index >= 15 is 0 Å². The number of hydrogen-bond donors (Lipinski definition) is 1. The first-order chi connectivity index (χ1) is 11.3. The third-order valence-corrected chi connectivity index (χ3v) is 5.04. The minimum absolute atomic E-state index is 0.322. The van der Waals surface area contributed by atoms with Crippen molar-refractivity contribution in [2.45, 2.75) is 0 Å². The van der Waals surface area contributed by atoms with E-state index in [1.165, 1.54) is 7.11 Å². The van der Waals surface area contributed by atoms with Gasteiger partial charge in [-0.25, -0.2) is 8.42 Å². The van der Waals surface area contributed by atoms with E-state index < -0.39 is 15.9 Å². The number of benzene rings is 2. The highest BCUT2D eigenvalue weighted by Crippen LogP contribution is 2.24. The summed E-state index contributed by atoms with van der Waals surface area (Å²) in [6.45, 7) is -0.322. The normalized spacial score (nSPS) is 11.0. The number of para-hydroxylation sites is 2. The lowest BCUT2D eigenvalue weighted by atomic mass is 10.3. The molecule has 0 heterocycles. The van der Waals surface area contributed by atoms with Crippen LogP contribution in [0.15, 0.2) is 48.5 Å². The van der Waals surface area contributed by atoms with E-state index in [9.17, 15) is 13.2 Å². The highest BCUT2D eigenvalue weighted by Gasteiger charge is 2.21. The second kappa shape index (κ2) is 7.84. The standard InChI is InChI=1S/C16H17IN2O4S/c1-23-15-6-4-3-5-14(15)18-16(20)11-19(24(2,21)22)13-9-7-12(17)8-10-13/h3-10H,11H2,1-2H3,(H,18,20). The molecule has 2 aromatic rings. The SMILES string of the molecule is COc1ccccc1NC(=O)CN(c1ccc(I)cc1)S(C)(=O)=O. The fraction of sp³-hybridized carbons (Fsp3) is 0.188. The van der Waals surface area contributed by atoms with Crippen LogP contribution in [0.1, 0.15) is 0 Å². The Morgan fingerprint density at radius 3 is 2.38 bits per heavy atom. The molecule has 0 fully saturated rings. The average Bonchev–Trinajstić information content (AvgIpc) is 2.53. The molecule has 1 N–H and O–H groups in total. The zero-order valence-electron chi connectivity index (χ0n) is 13.2. The molecular weight excluding hydrogens is 443 g/mol.